The van der Waals surface area contributed by atoms with E-state index in [0.717, 1.165) is 45.6 Å². The van der Waals surface area contributed by atoms with E-state index in [-0.39, 0.29) is 22.0 Å². The monoisotopic (exact) mass is 570 g/mol. The van der Waals surface area contributed by atoms with E-state index in [0.29, 0.717) is 18.8 Å². The molecule has 3 fully saturated rings. The summed E-state index contributed by atoms with van der Waals surface area (Å²) in [5, 5.41) is 25.9. The molecular formula is C39H54O3. The van der Waals surface area contributed by atoms with Gasteiger partial charge in [0.25, 0.3) is 0 Å². The van der Waals surface area contributed by atoms with Crippen molar-refractivity contribution in [2.75, 3.05) is 7.11 Å². The van der Waals surface area contributed by atoms with E-state index in [1.54, 1.807) is 7.11 Å². The predicted molar refractivity (Wildman–Crippen MR) is 176 cm³/mol. The van der Waals surface area contributed by atoms with Crippen molar-refractivity contribution in [2.24, 2.45) is 22.7 Å². The zero-order chi connectivity index (χ0) is 30.5. The predicted octanol–water partition coefficient (Wildman–Crippen LogP) is 10.5. The van der Waals surface area contributed by atoms with Gasteiger partial charge < -0.3 is 14.9 Å². The Kier molecular flexibility index (Phi) is 8.24. The van der Waals surface area contributed by atoms with Crippen LogP contribution in [-0.4, -0.2) is 17.3 Å². The summed E-state index contributed by atoms with van der Waals surface area (Å²) in [6.45, 7) is 15.7. The summed E-state index contributed by atoms with van der Waals surface area (Å²) in [5.74, 6) is 2.60. The number of aromatic hydroxyl groups is 1. The van der Waals surface area contributed by atoms with Crippen molar-refractivity contribution in [1.82, 2.24) is 0 Å². The van der Waals surface area contributed by atoms with Gasteiger partial charge >= 0.3 is 0 Å². The molecule has 0 aromatic heterocycles. The lowest BCUT2D eigenvalue weighted by atomic mass is 9.57. The minimum Gasteiger partial charge on any atom is -0.507 e. The number of phenolic OH excluding ortho intramolecular Hbond substituents is 1. The number of aliphatic hydroxyl groups is 1. The molecule has 6 rings (SSSR count). The molecule has 228 valence electrons. The molecule has 3 heteroatoms. The van der Waals surface area contributed by atoms with Gasteiger partial charge in [-0.25, -0.2) is 0 Å². The molecule has 3 aliphatic carbocycles. The highest BCUT2D eigenvalue weighted by Gasteiger charge is 2.50. The lowest BCUT2D eigenvalue weighted by molar-refractivity contribution is -0.0909. The summed E-state index contributed by atoms with van der Waals surface area (Å²) in [7, 11) is 1.76. The summed E-state index contributed by atoms with van der Waals surface area (Å²) >= 11 is 0. The molecule has 3 aromatic carbocycles. The van der Waals surface area contributed by atoms with Crippen LogP contribution in [0, 0.1) is 22.7 Å². The SMILES string of the molecule is CCC.COc1cc2c(O)cc(C3(O)CC(C)(C)CC(C)(C)C3)c(-c3ccccc3)c2cc1C12CCC(CC(C)C1)C2. The molecule has 3 atom stereocenters. The number of ether oxygens (including phenoxy) is 1. The van der Waals surface area contributed by atoms with Gasteiger partial charge in [-0.05, 0) is 120 Å². The van der Waals surface area contributed by atoms with Crippen molar-refractivity contribution < 1.29 is 14.9 Å². The first kappa shape index (κ1) is 30.9. The van der Waals surface area contributed by atoms with Gasteiger partial charge in [0.05, 0.1) is 12.7 Å². The second-order valence-electron chi connectivity index (χ2n) is 15.8. The minimum absolute atomic E-state index is 0.0177. The Hall–Kier alpha value is -2.52. The number of hydrogen-bond acceptors (Lipinski definition) is 3. The molecule has 0 heterocycles. The summed E-state index contributed by atoms with van der Waals surface area (Å²) in [4.78, 5) is 0. The van der Waals surface area contributed by atoms with Crippen LogP contribution < -0.4 is 4.74 Å². The fourth-order valence-corrected chi connectivity index (χ4v) is 9.85. The molecule has 42 heavy (non-hydrogen) atoms. The van der Waals surface area contributed by atoms with Crippen LogP contribution in [0.2, 0.25) is 0 Å². The number of methoxy groups -OCH3 is 1. The standard InChI is InChI=1S/C36H46O3.C3H8/c1-23-14-24-12-13-35(18-23,19-24)28-15-27-26(16-31(28)39-6)30(37)17-29(32(27)25-10-8-7-9-11-25)36(38)21-33(2,3)20-34(4,5)22-36;1-3-2/h7-11,15-17,23-24,37-38H,12-14,18-22H2,1-6H3;3H2,1-2H3. The molecule has 3 unspecified atom stereocenters. The average molecular weight is 571 g/mol. The van der Waals surface area contributed by atoms with Gasteiger partial charge in [0.1, 0.15) is 11.5 Å². The second-order valence-corrected chi connectivity index (χ2v) is 15.8. The van der Waals surface area contributed by atoms with Crippen LogP contribution in [0.3, 0.4) is 0 Å². The second kappa shape index (κ2) is 11.2. The zero-order valence-corrected chi connectivity index (χ0v) is 27.4. The highest BCUT2D eigenvalue weighted by molar-refractivity contribution is 6.03. The van der Waals surface area contributed by atoms with E-state index >= 15 is 0 Å². The third kappa shape index (κ3) is 5.71. The van der Waals surface area contributed by atoms with Crippen LogP contribution >= 0.6 is 0 Å². The van der Waals surface area contributed by atoms with Gasteiger partial charge in [-0.1, -0.05) is 85.2 Å². The van der Waals surface area contributed by atoms with Gasteiger partial charge in [0.15, 0.2) is 0 Å². The van der Waals surface area contributed by atoms with E-state index in [2.05, 4.69) is 84.9 Å². The maximum Gasteiger partial charge on any atom is 0.123 e. The minimum atomic E-state index is -1.04. The Labute approximate surface area is 254 Å². The van der Waals surface area contributed by atoms with E-state index in [1.165, 1.54) is 44.1 Å². The van der Waals surface area contributed by atoms with Crippen molar-refractivity contribution in [3.63, 3.8) is 0 Å². The molecule has 0 aliphatic heterocycles. The Morgan fingerprint density at radius 3 is 2.12 bits per heavy atom. The molecule has 3 nitrogen and oxygen atoms in total. The molecule has 0 amide bonds. The van der Waals surface area contributed by atoms with Gasteiger partial charge in [-0.3, -0.25) is 0 Å². The summed E-state index contributed by atoms with van der Waals surface area (Å²) in [5.41, 5.74) is 3.32. The number of hydrogen-bond donors (Lipinski definition) is 2. The van der Waals surface area contributed by atoms with E-state index in [9.17, 15) is 10.2 Å². The molecule has 3 aliphatic rings. The molecule has 0 saturated heterocycles. The fourth-order valence-electron chi connectivity index (χ4n) is 9.85. The van der Waals surface area contributed by atoms with Crippen molar-refractivity contribution in [3.8, 4) is 22.6 Å². The molecule has 0 radical (unpaired) electrons. The van der Waals surface area contributed by atoms with Crippen LogP contribution in [0.5, 0.6) is 11.5 Å². The summed E-state index contributed by atoms with van der Waals surface area (Å²) < 4.78 is 6.05. The van der Waals surface area contributed by atoms with E-state index in [4.69, 9.17) is 4.74 Å². The van der Waals surface area contributed by atoms with Gasteiger partial charge in [-0.2, -0.15) is 0 Å². The third-order valence-corrected chi connectivity index (χ3v) is 10.3. The maximum atomic E-state index is 12.6. The maximum absolute atomic E-state index is 12.6. The van der Waals surface area contributed by atoms with Crippen LogP contribution in [0.15, 0.2) is 48.5 Å². The highest BCUT2D eigenvalue weighted by atomic mass is 16.5. The zero-order valence-electron chi connectivity index (χ0n) is 27.4. The molecular weight excluding hydrogens is 516 g/mol. The lowest BCUT2D eigenvalue weighted by Crippen LogP contribution is -2.44. The van der Waals surface area contributed by atoms with Crippen molar-refractivity contribution in [1.29, 1.82) is 0 Å². The average Bonchev–Trinajstić information content (AvgIpc) is 3.21. The summed E-state index contributed by atoms with van der Waals surface area (Å²) in [6.07, 6.45) is 9.86. The molecule has 3 saturated carbocycles. The normalized spacial score (nSPS) is 27.3. The quantitative estimate of drug-likeness (QED) is 0.328. The Morgan fingerprint density at radius 1 is 0.857 bits per heavy atom. The molecule has 3 aromatic rings. The molecule has 2 bridgehead atoms. The number of fused-ring (bicyclic) bond motifs is 3. The topological polar surface area (TPSA) is 49.7 Å². The number of benzene rings is 3. The lowest BCUT2D eigenvalue weighted by Gasteiger charge is -2.50. The Bertz CT molecular complexity index is 1400. The first-order valence-corrected chi connectivity index (χ1v) is 16.4. The Balaban J connectivity index is 0.00000113. The molecule has 2 N–H and O–H groups in total. The van der Waals surface area contributed by atoms with Crippen molar-refractivity contribution >= 4 is 10.8 Å². The van der Waals surface area contributed by atoms with Crippen LogP contribution in [0.25, 0.3) is 21.9 Å². The van der Waals surface area contributed by atoms with Crippen LogP contribution in [-0.2, 0) is 11.0 Å². The van der Waals surface area contributed by atoms with E-state index < -0.39 is 5.60 Å². The molecule has 0 spiro atoms. The van der Waals surface area contributed by atoms with Crippen molar-refractivity contribution in [2.45, 2.75) is 117 Å². The first-order chi connectivity index (χ1) is 19.8. The first-order valence-electron chi connectivity index (χ1n) is 16.4. The smallest absolute Gasteiger partial charge is 0.123 e. The van der Waals surface area contributed by atoms with Gasteiger partial charge in [-0.15, -0.1) is 0 Å². The van der Waals surface area contributed by atoms with Crippen LogP contribution in [0.4, 0.5) is 0 Å². The van der Waals surface area contributed by atoms with Crippen LogP contribution in [0.1, 0.15) is 117 Å². The third-order valence-electron chi connectivity index (χ3n) is 10.3. The highest BCUT2D eigenvalue weighted by Crippen LogP contribution is 2.59. The van der Waals surface area contributed by atoms with Crippen molar-refractivity contribution in [3.05, 3.63) is 59.7 Å². The fraction of sp³-hybridized carbons (Fsp3) is 0.590. The largest absolute Gasteiger partial charge is 0.507 e. The number of phenols is 1. The van der Waals surface area contributed by atoms with Gasteiger partial charge in [0.2, 0.25) is 0 Å². The number of rotatable bonds is 4. The Morgan fingerprint density at radius 2 is 1.50 bits per heavy atom. The summed E-state index contributed by atoms with van der Waals surface area (Å²) in [6, 6.07) is 16.7. The van der Waals surface area contributed by atoms with Gasteiger partial charge in [0, 0.05) is 10.9 Å². The van der Waals surface area contributed by atoms with E-state index in [1.807, 2.05) is 12.1 Å².